The average Bonchev–Trinajstić information content (AvgIpc) is 3.23. The first-order chi connectivity index (χ1) is 18.9. The van der Waals surface area contributed by atoms with Crippen LogP contribution in [0.4, 0.5) is 10.1 Å². The van der Waals surface area contributed by atoms with E-state index in [9.17, 15) is 14.6 Å². The summed E-state index contributed by atoms with van der Waals surface area (Å²) in [5, 5.41) is 22.5. The van der Waals surface area contributed by atoms with E-state index in [2.05, 4.69) is 14.7 Å². The summed E-state index contributed by atoms with van der Waals surface area (Å²) in [6.45, 7) is 4.52. The van der Waals surface area contributed by atoms with Crippen molar-refractivity contribution in [3.8, 4) is 0 Å². The third kappa shape index (κ3) is 7.11. The van der Waals surface area contributed by atoms with Gasteiger partial charge >= 0.3 is 0 Å². The first-order valence-electron chi connectivity index (χ1n) is 13.3. The normalized spacial score (nSPS) is 24.0. The van der Waals surface area contributed by atoms with Crippen LogP contribution in [0.5, 0.6) is 0 Å². The number of aliphatic hydroxyl groups excluding tert-OH is 2. The zero-order chi connectivity index (χ0) is 27.4. The molecule has 4 atom stereocenters. The Morgan fingerprint density at radius 1 is 0.846 bits per heavy atom. The van der Waals surface area contributed by atoms with Gasteiger partial charge < -0.3 is 19.8 Å². The molecule has 2 aliphatic heterocycles. The molecule has 39 heavy (non-hydrogen) atoms. The summed E-state index contributed by atoms with van der Waals surface area (Å²) >= 11 is 12.5. The molecule has 2 fully saturated rings. The minimum absolute atomic E-state index is 0.244. The molecule has 0 saturated carbocycles. The maximum Gasteiger partial charge on any atom is 0.123 e. The van der Waals surface area contributed by atoms with Crippen LogP contribution in [0.3, 0.4) is 0 Å². The van der Waals surface area contributed by atoms with Crippen molar-refractivity contribution in [3.63, 3.8) is 0 Å². The van der Waals surface area contributed by atoms with Crippen LogP contribution in [-0.2, 0) is 17.8 Å². The Labute approximate surface area is 239 Å². The van der Waals surface area contributed by atoms with Gasteiger partial charge in [0.2, 0.25) is 0 Å². The van der Waals surface area contributed by atoms with Gasteiger partial charge in [0.25, 0.3) is 0 Å². The van der Waals surface area contributed by atoms with E-state index in [1.54, 1.807) is 12.1 Å². The molecule has 208 valence electrons. The van der Waals surface area contributed by atoms with E-state index in [0.29, 0.717) is 29.7 Å². The molecule has 0 bridgehead atoms. The van der Waals surface area contributed by atoms with E-state index in [-0.39, 0.29) is 24.6 Å². The summed E-state index contributed by atoms with van der Waals surface area (Å²) < 4.78 is 19.7. The van der Waals surface area contributed by atoms with Gasteiger partial charge in [0, 0.05) is 61.5 Å². The SMILES string of the molecule is OC[C@@H]1O[C@H](CN(Cc2cccc(Cl)c2)Cc2cccc(Cl)c2)[C@H](N2CCN(c3ccc(F)cc3)CC2)[C@@H]1O. The molecule has 3 aromatic carbocycles. The van der Waals surface area contributed by atoms with Crippen molar-refractivity contribution in [1.82, 2.24) is 9.80 Å². The molecule has 2 N–H and O–H groups in total. The smallest absolute Gasteiger partial charge is 0.123 e. The van der Waals surface area contributed by atoms with E-state index in [4.69, 9.17) is 27.9 Å². The maximum atomic E-state index is 13.4. The van der Waals surface area contributed by atoms with Crippen LogP contribution in [0.25, 0.3) is 0 Å². The fourth-order valence-electron chi connectivity index (χ4n) is 5.74. The first-order valence-corrected chi connectivity index (χ1v) is 14.1. The number of rotatable bonds is 9. The number of hydrogen-bond donors (Lipinski definition) is 2. The van der Waals surface area contributed by atoms with Gasteiger partial charge in [-0.05, 0) is 59.7 Å². The third-order valence-electron chi connectivity index (χ3n) is 7.60. The second-order valence-corrected chi connectivity index (χ2v) is 11.2. The Hall–Kier alpha value is -2.23. The third-order valence-corrected chi connectivity index (χ3v) is 8.07. The van der Waals surface area contributed by atoms with Crippen LogP contribution in [0, 0.1) is 5.82 Å². The lowest BCUT2D eigenvalue weighted by atomic mass is 10.0. The largest absolute Gasteiger partial charge is 0.394 e. The summed E-state index contributed by atoms with van der Waals surface area (Å²) in [7, 11) is 0. The maximum absolute atomic E-state index is 13.4. The molecule has 2 heterocycles. The van der Waals surface area contributed by atoms with E-state index >= 15 is 0 Å². The van der Waals surface area contributed by atoms with Crippen molar-refractivity contribution in [1.29, 1.82) is 0 Å². The molecule has 0 spiro atoms. The van der Waals surface area contributed by atoms with Gasteiger partial charge in [0.05, 0.1) is 18.8 Å². The number of nitrogens with zero attached hydrogens (tertiary/aromatic N) is 3. The molecule has 0 amide bonds. The van der Waals surface area contributed by atoms with E-state index in [1.165, 1.54) is 12.1 Å². The van der Waals surface area contributed by atoms with E-state index < -0.39 is 12.2 Å². The lowest BCUT2D eigenvalue weighted by Gasteiger charge is -2.42. The molecule has 0 unspecified atom stereocenters. The van der Waals surface area contributed by atoms with Gasteiger partial charge in [0.15, 0.2) is 0 Å². The molecular weight excluding hydrogens is 540 g/mol. The topological polar surface area (TPSA) is 59.4 Å². The lowest BCUT2D eigenvalue weighted by Crippen LogP contribution is -2.57. The zero-order valence-corrected chi connectivity index (χ0v) is 23.2. The van der Waals surface area contributed by atoms with Gasteiger partial charge in [-0.3, -0.25) is 9.80 Å². The summed E-state index contributed by atoms with van der Waals surface area (Å²) in [5.74, 6) is -0.249. The van der Waals surface area contributed by atoms with Gasteiger partial charge in [-0.1, -0.05) is 47.5 Å². The highest BCUT2D eigenvalue weighted by Crippen LogP contribution is 2.29. The Balaban J connectivity index is 1.32. The molecule has 0 aliphatic carbocycles. The highest BCUT2D eigenvalue weighted by Gasteiger charge is 2.47. The van der Waals surface area contributed by atoms with Crippen molar-refractivity contribution < 1.29 is 19.3 Å². The number of benzene rings is 3. The Kier molecular flexibility index (Phi) is 9.40. The van der Waals surface area contributed by atoms with Crippen molar-refractivity contribution in [2.24, 2.45) is 0 Å². The molecule has 2 aliphatic rings. The van der Waals surface area contributed by atoms with Crippen molar-refractivity contribution in [3.05, 3.63) is 99.8 Å². The number of halogens is 3. The second-order valence-electron chi connectivity index (χ2n) is 10.3. The number of ether oxygens (including phenoxy) is 1. The van der Waals surface area contributed by atoms with Crippen LogP contribution in [0.15, 0.2) is 72.8 Å². The van der Waals surface area contributed by atoms with Crippen molar-refractivity contribution in [2.75, 3.05) is 44.2 Å². The summed E-state index contributed by atoms with van der Waals surface area (Å²) in [5.41, 5.74) is 3.13. The molecule has 2 saturated heterocycles. The predicted molar refractivity (Wildman–Crippen MR) is 153 cm³/mol. The van der Waals surface area contributed by atoms with Gasteiger partial charge in [-0.15, -0.1) is 0 Å². The Bertz CT molecular complexity index is 1180. The highest BCUT2D eigenvalue weighted by atomic mass is 35.5. The minimum Gasteiger partial charge on any atom is -0.394 e. The Morgan fingerprint density at radius 3 is 1.97 bits per heavy atom. The van der Waals surface area contributed by atoms with Crippen LogP contribution < -0.4 is 4.90 Å². The molecule has 0 aromatic heterocycles. The fraction of sp³-hybridized carbons (Fsp3) is 0.400. The minimum atomic E-state index is -0.809. The predicted octanol–water partition coefficient (Wildman–Crippen LogP) is 4.45. The van der Waals surface area contributed by atoms with Crippen LogP contribution in [0.1, 0.15) is 11.1 Å². The van der Waals surface area contributed by atoms with Crippen LogP contribution in [0.2, 0.25) is 10.0 Å². The lowest BCUT2D eigenvalue weighted by molar-refractivity contribution is -0.0325. The Morgan fingerprint density at radius 2 is 1.44 bits per heavy atom. The van der Waals surface area contributed by atoms with Crippen molar-refractivity contribution >= 4 is 28.9 Å². The first kappa shape index (κ1) is 28.3. The molecule has 5 rings (SSSR count). The van der Waals surface area contributed by atoms with Crippen LogP contribution >= 0.6 is 23.2 Å². The molecule has 0 radical (unpaired) electrons. The highest BCUT2D eigenvalue weighted by molar-refractivity contribution is 6.30. The van der Waals surface area contributed by atoms with E-state index in [1.807, 2.05) is 48.5 Å². The number of hydrogen-bond acceptors (Lipinski definition) is 6. The average molecular weight is 575 g/mol. The molecular formula is C30H34Cl2FN3O3. The molecule has 9 heteroatoms. The second kappa shape index (κ2) is 13.0. The summed E-state index contributed by atoms with van der Waals surface area (Å²) in [4.78, 5) is 6.76. The number of anilines is 1. The standard InChI is InChI=1S/C30H34Cl2FN3O3/c31-23-5-1-3-21(15-23)17-34(18-22-4-2-6-24(32)16-22)19-27-29(30(38)28(20-37)39-27)36-13-11-35(12-14-36)26-9-7-25(33)8-10-26/h1-10,15-16,27-30,37-38H,11-14,17-20H2/t27-,28+,29+,30-/m1/s1. The van der Waals surface area contributed by atoms with Crippen molar-refractivity contribution in [2.45, 2.75) is 37.4 Å². The van der Waals surface area contributed by atoms with Crippen LogP contribution in [-0.4, -0.2) is 83.7 Å². The fourth-order valence-corrected chi connectivity index (χ4v) is 6.16. The van der Waals surface area contributed by atoms with Gasteiger partial charge in [-0.2, -0.15) is 0 Å². The summed E-state index contributed by atoms with van der Waals surface area (Å²) in [6.07, 6.45) is -1.77. The zero-order valence-electron chi connectivity index (χ0n) is 21.7. The number of aliphatic hydroxyl groups is 2. The number of piperazine rings is 1. The van der Waals surface area contributed by atoms with E-state index in [0.717, 1.165) is 43.0 Å². The van der Waals surface area contributed by atoms with Gasteiger partial charge in [0.1, 0.15) is 18.0 Å². The monoisotopic (exact) mass is 573 g/mol. The van der Waals surface area contributed by atoms with Gasteiger partial charge in [-0.25, -0.2) is 4.39 Å². The molecule has 3 aromatic rings. The quantitative estimate of drug-likeness (QED) is 0.394. The molecule has 6 nitrogen and oxygen atoms in total. The summed E-state index contributed by atoms with van der Waals surface area (Å²) in [6, 6.07) is 21.9.